The van der Waals surface area contributed by atoms with E-state index in [1.165, 1.54) is 12.8 Å². The molecule has 4 heteroatoms. The second-order valence-electron chi connectivity index (χ2n) is 4.91. The van der Waals surface area contributed by atoms with Crippen molar-refractivity contribution in [2.24, 2.45) is 0 Å². The van der Waals surface area contributed by atoms with Crippen LogP contribution in [0.1, 0.15) is 51.2 Å². The zero-order chi connectivity index (χ0) is 10.3. The Morgan fingerprint density at radius 2 is 2.00 bits per heavy atom. The van der Waals surface area contributed by atoms with Crippen molar-refractivity contribution in [1.82, 2.24) is 14.8 Å². The molecule has 1 N–H and O–H groups in total. The maximum atomic E-state index is 9.17. The highest BCUT2D eigenvalue weighted by Gasteiger charge is 2.33. The standard InChI is InChI=1S/C10H17N3O/c1-10(2,3)13-8(6-14)11-12-9(13)7-4-5-7/h7,14H,4-6H2,1-3H3. The molecule has 0 saturated heterocycles. The zero-order valence-corrected chi connectivity index (χ0v) is 8.99. The van der Waals surface area contributed by atoms with Crippen molar-refractivity contribution >= 4 is 0 Å². The Morgan fingerprint density at radius 1 is 1.36 bits per heavy atom. The lowest BCUT2D eigenvalue weighted by atomic mass is 10.1. The molecule has 0 spiro atoms. The third-order valence-corrected chi connectivity index (χ3v) is 2.51. The van der Waals surface area contributed by atoms with Gasteiger partial charge in [0, 0.05) is 11.5 Å². The maximum absolute atomic E-state index is 9.17. The van der Waals surface area contributed by atoms with Crippen molar-refractivity contribution in [3.63, 3.8) is 0 Å². The smallest absolute Gasteiger partial charge is 0.159 e. The molecule has 0 aliphatic heterocycles. The molecule has 0 unspecified atom stereocenters. The molecule has 78 valence electrons. The molecule has 0 aromatic carbocycles. The van der Waals surface area contributed by atoms with E-state index in [1.807, 2.05) is 0 Å². The van der Waals surface area contributed by atoms with Crippen LogP contribution in [0.5, 0.6) is 0 Å². The first kappa shape index (κ1) is 9.65. The number of aliphatic hydroxyl groups excluding tert-OH is 1. The number of hydrogen-bond acceptors (Lipinski definition) is 3. The van der Waals surface area contributed by atoms with Gasteiger partial charge in [-0.25, -0.2) is 0 Å². The molecule has 0 atom stereocenters. The van der Waals surface area contributed by atoms with Crippen molar-refractivity contribution in [2.45, 2.75) is 51.7 Å². The Morgan fingerprint density at radius 3 is 2.43 bits per heavy atom. The summed E-state index contributed by atoms with van der Waals surface area (Å²) in [5.74, 6) is 2.29. The SMILES string of the molecule is CC(C)(C)n1c(CO)nnc1C1CC1. The van der Waals surface area contributed by atoms with Gasteiger partial charge in [0.2, 0.25) is 0 Å². The average molecular weight is 195 g/mol. The molecular formula is C10H17N3O. The van der Waals surface area contributed by atoms with Crippen LogP contribution in [0.15, 0.2) is 0 Å². The molecule has 1 fully saturated rings. The molecule has 0 bridgehead atoms. The fourth-order valence-electron chi connectivity index (χ4n) is 1.77. The summed E-state index contributed by atoms with van der Waals surface area (Å²) in [5, 5.41) is 17.4. The van der Waals surface area contributed by atoms with Crippen LogP contribution in [-0.4, -0.2) is 19.9 Å². The van der Waals surface area contributed by atoms with Gasteiger partial charge in [-0.15, -0.1) is 10.2 Å². The lowest BCUT2D eigenvalue weighted by molar-refractivity contribution is 0.248. The topological polar surface area (TPSA) is 50.9 Å². The van der Waals surface area contributed by atoms with Crippen LogP contribution in [0, 0.1) is 0 Å². The van der Waals surface area contributed by atoms with Crippen LogP contribution in [0.25, 0.3) is 0 Å². The normalized spacial score (nSPS) is 17.4. The van der Waals surface area contributed by atoms with Gasteiger partial charge in [-0.3, -0.25) is 0 Å². The number of nitrogens with zero attached hydrogens (tertiary/aromatic N) is 3. The van der Waals surface area contributed by atoms with E-state index >= 15 is 0 Å². The van der Waals surface area contributed by atoms with Gasteiger partial charge in [-0.2, -0.15) is 0 Å². The summed E-state index contributed by atoms with van der Waals surface area (Å²) >= 11 is 0. The van der Waals surface area contributed by atoms with Crippen molar-refractivity contribution < 1.29 is 5.11 Å². The second-order valence-corrected chi connectivity index (χ2v) is 4.91. The molecule has 0 radical (unpaired) electrons. The van der Waals surface area contributed by atoms with Crippen LogP contribution < -0.4 is 0 Å². The Bertz CT molecular complexity index is 334. The number of aromatic nitrogens is 3. The minimum absolute atomic E-state index is 0.0308. The van der Waals surface area contributed by atoms with Gasteiger partial charge in [0.05, 0.1) is 0 Å². The Hall–Kier alpha value is -0.900. The average Bonchev–Trinajstić information content (AvgIpc) is 2.82. The molecule has 1 aromatic heterocycles. The first-order valence-electron chi connectivity index (χ1n) is 5.09. The predicted molar refractivity (Wildman–Crippen MR) is 52.9 cm³/mol. The minimum Gasteiger partial charge on any atom is -0.388 e. The Labute approximate surface area is 84.0 Å². The predicted octanol–water partition coefficient (Wildman–Crippen LogP) is 1.40. The van der Waals surface area contributed by atoms with Crippen molar-refractivity contribution in [3.05, 3.63) is 11.6 Å². The largest absolute Gasteiger partial charge is 0.388 e. The molecule has 0 amide bonds. The van der Waals surface area contributed by atoms with E-state index in [-0.39, 0.29) is 12.1 Å². The monoisotopic (exact) mass is 195 g/mol. The zero-order valence-electron chi connectivity index (χ0n) is 8.99. The van der Waals surface area contributed by atoms with Crippen LogP contribution in [0.4, 0.5) is 0 Å². The highest BCUT2D eigenvalue weighted by atomic mass is 16.3. The fourth-order valence-corrected chi connectivity index (χ4v) is 1.77. The van der Waals surface area contributed by atoms with Crippen LogP contribution in [-0.2, 0) is 12.1 Å². The third-order valence-electron chi connectivity index (χ3n) is 2.51. The third kappa shape index (κ3) is 1.54. The molecule has 1 saturated carbocycles. The number of rotatable bonds is 2. The van der Waals surface area contributed by atoms with Gasteiger partial charge >= 0.3 is 0 Å². The molecule has 1 heterocycles. The van der Waals surface area contributed by atoms with Crippen molar-refractivity contribution in [2.75, 3.05) is 0 Å². The van der Waals surface area contributed by atoms with E-state index in [2.05, 4.69) is 35.5 Å². The van der Waals surface area contributed by atoms with Gasteiger partial charge in [0.1, 0.15) is 12.4 Å². The summed E-state index contributed by atoms with van der Waals surface area (Å²) in [6.07, 6.45) is 2.42. The molecule has 4 nitrogen and oxygen atoms in total. The quantitative estimate of drug-likeness (QED) is 0.776. The molecule has 2 rings (SSSR count). The van der Waals surface area contributed by atoms with Gasteiger partial charge < -0.3 is 9.67 Å². The van der Waals surface area contributed by atoms with Gasteiger partial charge in [0.15, 0.2) is 5.82 Å². The number of hydrogen-bond donors (Lipinski definition) is 1. The molecule has 1 aliphatic carbocycles. The molecular weight excluding hydrogens is 178 g/mol. The van der Waals surface area contributed by atoms with E-state index in [4.69, 9.17) is 0 Å². The first-order valence-corrected chi connectivity index (χ1v) is 5.09. The van der Waals surface area contributed by atoms with Crippen molar-refractivity contribution in [3.8, 4) is 0 Å². The Balaban J connectivity index is 2.45. The Kier molecular flexibility index (Phi) is 2.10. The fraction of sp³-hybridized carbons (Fsp3) is 0.800. The molecule has 1 aromatic rings. The highest BCUT2D eigenvalue weighted by molar-refractivity contribution is 5.10. The summed E-state index contributed by atoms with van der Waals surface area (Å²) in [6, 6.07) is 0. The summed E-state index contributed by atoms with van der Waals surface area (Å²) in [7, 11) is 0. The van der Waals surface area contributed by atoms with Crippen molar-refractivity contribution in [1.29, 1.82) is 0 Å². The summed E-state index contributed by atoms with van der Waals surface area (Å²) in [4.78, 5) is 0. The van der Waals surface area contributed by atoms with E-state index in [0.29, 0.717) is 11.7 Å². The maximum Gasteiger partial charge on any atom is 0.159 e. The van der Waals surface area contributed by atoms with Crippen LogP contribution >= 0.6 is 0 Å². The molecule has 14 heavy (non-hydrogen) atoms. The molecule has 1 aliphatic rings. The van der Waals surface area contributed by atoms with Gasteiger partial charge in [0.25, 0.3) is 0 Å². The van der Waals surface area contributed by atoms with E-state index in [9.17, 15) is 5.11 Å². The highest BCUT2D eigenvalue weighted by Crippen LogP contribution is 2.40. The van der Waals surface area contributed by atoms with Crippen LogP contribution in [0.3, 0.4) is 0 Å². The second kappa shape index (κ2) is 3.05. The lowest BCUT2D eigenvalue weighted by Crippen LogP contribution is -2.26. The first-order chi connectivity index (χ1) is 6.54. The summed E-state index contributed by atoms with van der Waals surface area (Å²) in [5.41, 5.74) is -0.0422. The number of aliphatic hydroxyl groups is 1. The van der Waals surface area contributed by atoms with E-state index < -0.39 is 0 Å². The van der Waals surface area contributed by atoms with Crippen LogP contribution in [0.2, 0.25) is 0 Å². The lowest BCUT2D eigenvalue weighted by Gasteiger charge is -2.24. The van der Waals surface area contributed by atoms with E-state index in [1.54, 1.807) is 0 Å². The van der Waals surface area contributed by atoms with Gasteiger partial charge in [-0.1, -0.05) is 0 Å². The van der Waals surface area contributed by atoms with E-state index in [0.717, 1.165) is 5.82 Å². The minimum atomic E-state index is -0.0422. The summed E-state index contributed by atoms with van der Waals surface area (Å²) in [6.45, 7) is 6.31. The summed E-state index contributed by atoms with van der Waals surface area (Å²) < 4.78 is 2.07. The van der Waals surface area contributed by atoms with Gasteiger partial charge in [-0.05, 0) is 33.6 Å².